The van der Waals surface area contributed by atoms with Crippen molar-refractivity contribution in [1.29, 1.82) is 0 Å². The first kappa shape index (κ1) is 26.5. The molecule has 1 aromatic carbocycles. The van der Waals surface area contributed by atoms with E-state index in [1.54, 1.807) is 6.07 Å². The Kier molecular flexibility index (Phi) is 6.94. The summed E-state index contributed by atoms with van der Waals surface area (Å²) < 4.78 is 55.2. The number of rotatable bonds is 8. The number of carbonyl (C=O) groups is 1. The molecule has 0 saturated heterocycles. The molecule has 5 rings (SSSR count). The molecule has 2 N–H and O–H groups in total. The molecular weight excluding hydrogens is 548 g/mol. The average Bonchev–Trinajstić information content (AvgIpc) is 3.26. The number of pyridine rings is 1. The van der Waals surface area contributed by atoms with Crippen LogP contribution in [0, 0.1) is 0 Å². The third-order valence-corrected chi connectivity index (χ3v) is 6.12. The molecule has 16 heteroatoms. The van der Waals surface area contributed by atoms with E-state index in [0.717, 1.165) is 4.68 Å². The Balaban J connectivity index is 1.44. The predicted molar refractivity (Wildman–Crippen MR) is 128 cm³/mol. The quantitative estimate of drug-likeness (QED) is 0.312. The molecule has 0 spiro atoms. The van der Waals surface area contributed by atoms with Gasteiger partial charge in [0, 0.05) is 23.2 Å². The summed E-state index contributed by atoms with van der Waals surface area (Å²) in [6.07, 6.45) is -6.01. The molecule has 4 aromatic rings. The van der Waals surface area contributed by atoms with Crippen molar-refractivity contribution in [2.45, 2.75) is 44.0 Å². The third kappa shape index (κ3) is 5.68. The minimum atomic E-state index is -4.96. The number of aromatic nitrogens is 7. The first-order valence-electron chi connectivity index (χ1n) is 11.5. The van der Waals surface area contributed by atoms with E-state index >= 15 is 0 Å². The number of aliphatic hydroxyl groups excluding tert-OH is 1. The lowest BCUT2D eigenvalue weighted by atomic mass is 10.2. The highest BCUT2D eigenvalue weighted by atomic mass is 35.5. The molecule has 204 valence electrons. The Morgan fingerprint density at radius 2 is 1.90 bits per heavy atom. The largest absolute Gasteiger partial charge is 0.416 e. The number of alkyl halides is 4. The predicted octanol–water partition coefficient (Wildman–Crippen LogP) is 2.15. The van der Waals surface area contributed by atoms with Crippen LogP contribution in [0.1, 0.15) is 22.7 Å². The topological polar surface area (TPSA) is 133 Å². The van der Waals surface area contributed by atoms with Crippen LogP contribution in [0.2, 0.25) is 5.02 Å². The monoisotopic (exact) mass is 566 g/mol. The van der Waals surface area contributed by atoms with Crippen molar-refractivity contribution < 1.29 is 27.5 Å². The second-order valence-corrected chi connectivity index (χ2v) is 9.18. The minimum Gasteiger partial charge on any atom is -0.382 e. The highest BCUT2D eigenvalue weighted by molar-refractivity contribution is 6.30. The molecule has 11 nitrogen and oxygen atoms in total. The van der Waals surface area contributed by atoms with Gasteiger partial charge in [-0.3, -0.25) is 9.36 Å². The number of nitrogens with zero attached hydrogens (tertiary/aromatic N) is 7. The molecule has 1 amide bonds. The third-order valence-electron chi connectivity index (χ3n) is 5.87. The van der Waals surface area contributed by atoms with E-state index in [-0.39, 0.29) is 36.0 Å². The van der Waals surface area contributed by atoms with E-state index in [1.807, 2.05) is 0 Å². The molecule has 1 fully saturated rings. The zero-order valence-corrected chi connectivity index (χ0v) is 20.5. The van der Waals surface area contributed by atoms with E-state index in [1.165, 1.54) is 47.5 Å². The SMILES string of the molecule is O=C(N[C@@H]1C[C@@H]1F)c1ncccc1-n1cnc(Cn2nc(-c3ccc(Cl)cc3)n(C[C@H](O)C(F)(F)F)c2=O)n1. The van der Waals surface area contributed by atoms with Gasteiger partial charge in [0.1, 0.15) is 19.0 Å². The van der Waals surface area contributed by atoms with Gasteiger partial charge >= 0.3 is 11.9 Å². The van der Waals surface area contributed by atoms with Crippen LogP contribution in [0.5, 0.6) is 0 Å². The number of hydrogen-bond donors (Lipinski definition) is 2. The Hall–Kier alpha value is -4.11. The van der Waals surface area contributed by atoms with Crippen molar-refractivity contribution in [1.82, 2.24) is 39.4 Å². The van der Waals surface area contributed by atoms with E-state index in [2.05, 4.69) is 25.5 Å². The van der Waals surface area contributed by atoms with Crippen molar-refractivity contribution in [3.63, 3.8) is 0 Å². The Morgan fingerprint density at radius 1 is 1.18 bits per heavy atom. The molecule has 1 aliphatic rings. The van der Waals surface area contributed by atoms with E-state index in [4.69, 9.17) is 11.6 Å². The van der Waals surface area contributed by atoms with Gasteiger partial charge in [0.2, 0.25) is 0 Å². The summed E-state index contributed by atoms with van der Waals surface area (Å²) in [6.45, 7) is -1.42. The molecule has 0 radical (unpaired) electrons. The number of aliphatic hydroxyl groups is 1. The smallest absolute Gasteiger partial charge is 0.382 e. The second kappa shape index (κ2) is 10.2. The van der Waals surface area contributed by atoms with Gasteiger partial charge in [-0.1, -0.05) is 11.6 Å². The van der Waals surface area contributed by atoms with Crippen LogP contribution < -0.4 is 11.0 Å². The number of benzene rings is 1. The highest BCUT2D eigenvalue weighted by Gasteiger charge is 2.40. The van der Waals surface area contributed by atoms with Crippen LogP contribution in [0.25, 0.3) is 17.1 Å². The lowest BCUT2D eigenvalue weighted by Crippen LogP contribution is -2.37. The van der Waals surface area contributed by atoms with Crippen molar-refractivity contribution >= 4 is 17.5 Å². The number of amides is 1. The van der Waals surface area contributed by atoms with Crippen LogP contribution in [-0.4, -0.2) is 69.6 Å². The maximum absolute atomic E-state index is 13.2. The molecule has 3 heterocycles. The Labute approximate surface area is 221 Å². The van der Waals surface area contributed by atoms with Gasteiger partial charge in [-0.2, -0.15) is 13.2 Å². The molecule has 0 bridgehead atoms. The number of nitrogens with one attached hydrogen (secondary N) is 1. The molecule has 0 unspecified atom stereocenters. The summed E-state index contributed by atoms with van der Waals surface area (Å²) in [7, 11) is 0. The summed E-state index contributed by atoms with van der Waals surface area (Å²) in [6, 6.07) is 8.42. The van der Waals surface area contributed by atoms with Crippen LogP contribution in [0.4, 0.5) is 17.6 Å². The van der Waals surface area contributed by atoms with Gasteiger partial charge in [0.15, 0.2) is 23.4 Å². The fourth-order valence-electron chi connectivity index (χ4n) is 3.72. The lowest BCUT2D eigenvalue weighted by Gasteiger charge is -2.15. The molecule has 1 saturated carbocycles. The Bertz CT molecular complexity index is 1570. The van der Waals surface area contributed by atoms with Gasteiger partial charge in [-0.15, -0.1) is 10.2 Å². The van der Waals surface area contributed by atoms with Crippen molar-refractivity contribution in [3.8, 4) is 17.1 Å². The average molecular weight is 567 g/mol. The number of halogens is 5. The minimum absolute atomic E-state index is 0.0272. The summed E-state index contributed by atoms with van der Waals surface area (Å²) in [5.74, 6) is -0.683. The fraction of sp³-hybridized carbons (Fsp3) is 0.304. The van der Waals surface area contributed by atoms with Crippen molar-refractivity contribution in [2.24, 2.45) is 0 Å². The van der Waals surface area contributed by atoms with Gasteiger partial charge < -0.3 is 10.4 Å². The van der Waals surface area contributed by atoms with Crippen LogP contribution >= 0.6 is 11.6 Å². The normalized spacial score (nSPS) is 17.7. The van der Waals surface area contributed by atoms with Gasteiger partial charge in [-0.25, -0.2) is 28.5 Å². The fourth-order valence-corrected chi connectivity index (χ4v) is 3.85. The van der Waals surface area contributed by atoms with E-state index in [9.17, 15) is 32.3 Å². The lowest BCUT2D eigenvalue weighted by molar-refractivity contribution is -0.207. The molecule has 3 aromatic heterocycles. The van der Waals surface area contributed by atoms with Gasteiger partial charge in [-0.05, 0) is 36.4 Å². The second-order valence-electron chi connectivity index (χ2n) is 8.75. The summed E-state index contributed by atoms with van der Waals surface area (Å²) in [4.78, 5) is 33.8. The number of hydrogen-bond acceptors (Lipinski definition) is 7. The molecule has 1 aliphatic carbocycles. The first-order chi connectivity index (χ1) is 18.5. The summed E-state index contributed by atoms with van der Waals surface area (Å²) in [5.41, 5.74) is -0.440. The van der Waals surface area contributed by atoms with Gasteiger partial charge in [0.05, 0.1) is 18.3 Å². The van der Waals surface area contributed by atoms with Crippen molar-refractivity contribution in [2.75, 3.05) is 0 Å². The zero-order valence-electron chi connectivity index (χ0n) is 19.8. The standard InChI is InChI=1S/C23H19ClF4N8O3/c24-13-5-3-12(4-6-13)20-33-35(22(39)34(20)9-17(37)23(26,27)28)10-18-30-11-36(32-18)16-2-1-7-29-19(16)21(38)31-15-8-14(15)25/h1-7,11,14-15,17,37H,8-10H2,(H,31,38)/t14-,15+,17-/m0/s1. The maximum Gasteiger partial charge on any atom is 0.416 e. The highest BCUT2D eigenvalue weighted by Crippen LogP contribution is 2.26. The van der Waals surface area contributed by atoms with E-state index < -0.39 is 42.6 Å². The van der Waals surface area contributed by atoms with E-state index in [0.29, 0.717) is 15.2 Å². The van der Waals surface area contributed by atoms with Crippen LogP contribution in [0.15, 0.2) is 53.7 Å². The van der Waals surface area contributed by atoms with Gasteiger partial charge in [0.25, 0.3) is 5.91 Å². The van der Waals surface area contributed by atoms with Crippen molar-refractivity contribution in [3.05, 3.63) is 75.9 Å². The molecule has 39 heavy (non-hydrogen) atoms. The molecule has 3 atom stereocenters. The van der Waals surface area contributed by atoms with Crippen LogP contribution in [-0.2, 0) is 13.1 Å². The maximum atomic E-state index is 13.2. The first-order valence-corrected chi connectivity index (χ1v) is 11.9. The molecule has 0 aliphatic heterocycles. The number of carbonyl (C=O) groups excluding carboxylic acids is 1. The summed E-state index contributed by atoms with van der Waals surface area (Å²) >= 11 is 5.90. The zero-order chi connectivity index (χ0) is 27.9. The summed E-state index contributed by atoms with van der Waals surface area (Å²) in [5, 5.41) is 20.9. The van der Waals surface area contributed by atoms with Crippen LogP contribution in [0.3, 0.4) is 0 Å². The molecular formula is C23H19ClF4N8O3. The Morgan fingerprint density at radius 3 is 2.56 bits per heavy atom.